The smallest absolute Gasteiger partial charge is 0.324 e. The molecule has 2 amide bonds. The van der Waals surface area contributed by atoms with Crippen LogP contribution >= 0.6 is 0 Å². The number of rotatable bonds is 6. The first kappa shape index (κ1) is 21.1. The van der Waals surface area contributed by atoms with Crippen LogP contribution in [0.15, 0.2) is 17.0 Å². The Morgan fingerprint density at radius 1 is 0.920 bits per heavy atom. The van der Waals surface area contributed by atoms with Crippen LogP contribution in [0.2, 0.25) is 0 Å². The molecule has 25 heavy (non-hydrogen) atoms. The number of hydrazine groups is 1. The lowest BCUT2D eigenvalue weighted by molar-refractivity contribution is -0.137. The van der Waals surface area contributed by atoms with Gasteiger partial charge < -0.3 is 5.73 Å². The predicted octanol–water partition coefficient (Wildman–Crippen LogP) is 1.85. The summed E-state index contributed by atoms with van der Waals surface area (Å²) in [5, 5.41) is 0. The number of carbonyl (C=O) groups excluding carboxylic acids is 2. The Morgan fingerprint density at radius 3 is 1.68 bits per heavy atom. The molecule has 8 heteroatoms. The first-order valence-corrected chi connectivity index (χ1v) is 9.66. The second kappa shape index (κ2) is 7.97. The van der Waals surface area contributed by atoms with Crippen LogP contribution in [0, 0.1) is 0 Å². The Hall–Kier alpha value is -1.93. The van der Waals surface area contributed by atoms with Crippen molar-refractivity contribution < 1.29 is 18.0 Å². The van der Waals surface area contributed by atoms with E-state index in [-0.39, 0.29) is 22.6 Å². The second-order valence-corrected chi connectivity index (χ2v) is 8.54. The van der Waals surface area contributed by atoms with Crippen LogP contribution in [0.1, 0.15) is 76.0 Å². The van der Waals surface area contributed by atoms with Crippen LogP contribution < -0.4 is 16.0 Å². The fourth-order valence-electron chi connectivity index (χ4n) is 2.43. The van der Waals surface area contributed by atoms with Crippen molar-refractivity contribution in [2.24, 2.45) is 5.73 Å². The summed E-state index contributed by atoms with van der Waals surface area (Å²) in [5.41, 5.74) is 9.04. The summed E-state index contributed by atoms with van der Waals surface area (Å²) in [6, 6.07) is 3.76. The van der Waals surface area contributed by atoms with E-state index in [0.717, 1.165) is 5.56 Å². The van der Waals surface area contributed by atoms with E-state index in [9.17, 15) is 18.0 Å². The van der Waals surface area contributed by atoms with Crippen LogP contribution in [0.4, 0.5) is 0 Å². The summed E-state index contributed by atoms with van der Waals surface area (Å²) in [6.45, 7) is 11.7. The summed E-state index contributed by atoms with van der Waals surface area (Å²) in [4.78, 5) is 24.2. The normalized spacial score (nSPS) is 12.0. The number of amides is 2. The van der Waals surface area contributed by atoms with Crippen LogP contribution in [-0.4, -0.2) is 20.2 Å². The Morgan fingerprint density at radius 2 is 1.36 bits per heavy atom. The minimum atomic E-state index is -4.07. The molecule has 0 fully saturated rings. The van der Waals surface area contributed by atoms with Gasteiger partial charge in [0.1, 0.15) is 0 Å². The number of nitrogens with one attached hydrogen (secondary N) is 2. The molecule has 0 aromatic heterocycles. The van der Waals surface area contributed by atoms with Crippen molar-refractivity contribution >= 4 is 21.8 Å². The van der Waals surface area contributed by atoms with Gasteiger partial charge in [-0.15, -0.1) is 4.83 Å². The largest absolute Gasteiger partial charge is 0.361 e. The van der Waals surface area contributed by atoms with E-state index in [1.807, 2.05) is 63.9 Å². The monoisotopic (exact) mass is 369 g/mol. The number of sulfonamides is 1. The lowest BCUT2D eigenvalue weighted by Gasteiger charge is -2.22. The number of hydrogen-bond acceptors (Lipinski definition) is 4. The molecule has 1 rings (SSSR count). The highest BCUT2D eigenvalue weighted by atomic mass is 32.2. The molecule has 4 N–H and O–H groups in total. The first-order valence-electron chi connectivity index (χ1n) is 8.17. The first-order chi connectivity index (χ1) is 11.4. The lowest BCUT2D eigenvalue weighted by atomic mass is 9.89. The molecule has 0 aliphatic rings. The van der Waals surface area contributed by atoms with Gasteiger partial charge in [0.2, 0.25) is 0 Å². The van der Waals surface area contributed by atoms with Gasteiger partial charge in [-0.3, -0.25) is 15.0 Å². The number of benzene rings is 1. The number of primary amides is 1. The van der Waals surface area contributed by atoms with Crippen molar-refractivity contribution in [3.63, 3.8) is 0 Å². The topological polar surface area (TPSA) is 118 Å². The third-order valence-corrected chi connectivity index (χ3v) is 5.25. The third kappa shape index (κ3) is 5.02. The van der Waals surface area contributed by atoms with Crippen molar-refractivity contribution in [3.05, 3.63) is 28.8 Å². The van der Waals surface area contributed by atoms with Gasteiger partial charge in [-0.1, -0.05) is 53.7 Å². The maximum absolute atomic E-state index is 12.8. The molecular formula is C17H27N3O4S. The Balaban J connectivity index is 3.55. The highest BCUT2D eigenvalue weighted by Gasteiger charge is 2.27. The highest BCUT2D eigenvalue weighted by molar-refractivity contribution is 7.89. The van der Waals surface area contributed by atoms with Crippen molar-refractivity contribution in [1.29, 1.82) is 0 Å². The molecular weight excluding hydrogens is 342 g/mol. The zero-order valence-electron chi connectivity index (χ0n) is 15.5. The van der Waals surface area contributed by atoms with E-state index >= 15 is 0 Å². The van der Waals surface area contributed by atoms with Gasteiger partial charge in [0.15, 0.2) is 0 Å². The lowest BCUT2D eigenvalue weighted by Crippen LogP contribution is -2.47. The van der Waals surface area contributed by atoms with Crippen molar-refractivity contribution in [2.45, 2.75) is 64.2 Å². The van der Waals surface area contributed by atoms with Crippen molar-refractivity contribution in [3.8, 4) is 0 Å². The highest BCUT2D eigenvalue weighted by Crippen LogP contribution is 2.34. The van der Waals surface area contributed by atoms with Gasteiger partial charge in [-0.05, 0) is 34.4 Å². The van der Waals surface area contributed by atoms with Gasteiger partial charge in [0, 0.05) is 0 Å². The molecule has 1 aromatic carbocycles. The fraction of sp³-hybridized carbons (Fsp3) is 0.529. The third-order valence-electron chi connectivity index (χ3n) is 3.87. The molecule has 1 aromatic rings. The van der Waals surface area contributed by atoms with Crippen LogP contribution in [-0.2, 0) is 19.6 Å². The number of carbonyl (C=O) groups is 2. The molecule has 0 radical (unpaired) electrons. The summed E-state index contributed by atoms with van der Waals surface area (Å²) in [6.07, 6.45) is 0. The Labute approximate surface area is 149 Å². The Kier molecular flexibility index (Phi) is 6.73. The number of hydrogen-bond donors (Lipinski definition) is 3. The minimum Gasteiger partial charge on any atom is -0.361 e. The van der Waals surface area contributed by atoms with Gasteiger partial charge in [-0.2, -0.15) is 0 Å². The van der Waals surface area contributed by atoms with Crippen LogP contribution in [0.25, 0.3) is 0 Å². The quantitative estimate of drug-likeness (QED) is 0.524. The van der Waals surface area contributed by atoms with Gasteiger partial charge in [-0.25, -0.2) is 8.42 Å². The Bertz CT molecular complexity index is 739. The van der Waals surface area contributed by atoms with E-state index in [1.54, 1.807) is 0 Å². The molecule has 0 aliphatic carbocycles. The van der Waals surface area contributed by atoms with E-state index in [4.69, 9.17) is 5.73 Å². The zero-order valence-corrected chi connectivity index (χ0v) is 16.3. The van der Waals surface area contributed by atoms with Gasteiger partial charge in [0.25, 0.3) is 10.0 Å². The van der Waals surface area contributed by atoms with E-state index in [2.05, 4.69) is 0 Å². The molecule has 0 spiro atoms. The minimum absolute atomic E-state index is 0.0467. The van der Waals surface area contributed by atoms with Gasteiger partial charge in [0.05, 0.1) is 4.90 Å². The second-order valence-electron chi connectivity index (χ2n) is 6.92. The fourth-order valence-corrected chi connectivity index (χ4v) is 3.97. The molecule has 0 saturated carbocycles. The average molecular weight is 369 g/mol. The van der Waals surface area contributed by atoms with E-state index in [0.29, 0.717) is 11.1 Å². The standard InChI is InChI=1S/C17H27N3O4S/c1-9(2)12-7-13(10(3)4)15(14(8-12)11(5)6)25(23,24)20-19-17(22)16(18)21/h7-11,20H,1-6H3,(H2,18,21)(H,19,22). The molecule has 0 saturated heterocycles. The molecule has 0 atom stereocenters. The van der Waals surface area contributed by atoms with Crippen LogP contribution in [0.3, 0.4) is 0 Å². The summed E-state index contributed by atoms with van der Waals surface area (Å²) >= 11 is 0. The molecule has 0 aliphatic heterocycles. The van der Waals surface area contributed by atoms with Crippen molar-refractivity contribution in [1.82, 2.24) is 10.3 Å². The summed E-state index contributed by atoms with van der Waals surface area (Å²) < 4.78 is 25.6. The van der Waals surface area contributed by atoms with Crippen LogP contribution in [0.5, 0.6) is 0 Å². The predicted molar refractivity (Wildman–Crippen MR) is 96.4 cm³/mol. The zero-order chi connectivity index (χ0) is 19.5. The van der Waals surface area contributed by atoms with Gasteiger partial charge >= 0.3 is 11.8 Å². The molecule has 0 heterocycles. The molecule has 0 unspecified atom stereocenters. The molecule has 7 nitrogen and oxygen atoms in total. The maximum Gasteiger partial charge on any atom is 0.324 e. The SMILES string of the molecule is CC(C)c1cc(C(C)C)c(S(=O)(=O)NNC(=O)C(N)=O)c(C(C)C)c1. The average Bonchev–Trinajstić information content (AvgIpc) is 2.50. The van der Waals surface area contributed by atoms with E-state index < -0.39 is 21.8 Å². The van der Waals surface area contributed by atoms with E-state index in [1.165, 1.54) is 0 Å². The summed E-state index contributed by atoms with van der Waals surface area (Å²) in [5.74, 6) is -2.34. The molecule has 0 bridgehead atoms. The number of nitrogens with two attached hydrogens (primary N) is 1. The molecule has 140 valence electrons. The van der Waals surface area contributed by atoms with Crippen molar-refractivity contribution in [2.75, 3.05) is 0 Å². The maximum atomic E-state index is 12.8. The summed E-state index contributed by atoms with van der Waals surface area (Å²) in [7, 11) is -4.07.